The summed E-state index contributed by atoms with van der Waals surface area (Å²) >= 11 is 0. The minimum Gasteiger partial charge on any atom is -0.389 e. The zero-order chi connectivity index (χ0) is 25.5. The van der Waals surface area contributed by atoms with E-state index in [1.807, 2.05) is 37.3 Å². The lowest BCUT2D eigenvalue weighted by molar-refractivity contribution is -0.138. The van der Waals surface area contributed by atoms with Crippen molar-refractivity contribution in [2.45, 2.75) is 50.9 Å². The topological polar surface area (TPSA) is 63.6 Å². The van der Waals surface area contributed by atoms with Crippen LogP contribution in [0.25, 0.3) is 11.1 Å². The average molecular weight is 497 g/mol. The van der Waals surface area contributed by atoms with E-state index in [4.69, 9.17) is 4.84 Å². The second-order valence-electron chi connectivity index (χ2n) is 9.34. The Hall–Kier alpha value is -3.75. The molecule has 1 N–H and O–H groups in total. The number of nitrogens with zero attached hydrogens (tertiary/aromatic N) is 2. The van der Waals surface area contributed by atoms with Gasteiger partial charge in [-0.1, -0.05) is 35.0 Å². The molecule has 9 heteroatoms. The summed E-state index contributed by atoms with van der Waals surface area (Å²) in [6.07, 6.45) is -0.518. The van der Waals surface area contributed by atoms with Crippen molar-refractivity contribution in [3.05, 3.63) is 88.5 Å². The Morgan fingerprint density at radius 2 is 1.78 bits per heavy atom. The summed E-state index contributed by atoms with van der Waals surface area (Å²) in [5.74, 6) is -1.65. The number of carbonyl (C=O) groups excluding carboxylic acids is 1. The van der Waals surface area contributed by atoms with Crippen molar-refractivity contribution >= 4 is 11.6 Å². The van der Waals surface area contributed by atoms with Gasteiger partial charge in [0.1, 0.15) is 11.4 Å². The zero-order valence-corrected chi connectivity index (χ0v) is 19.5. The van der Waals surface area contributed by atoms with Gasteiger partial charge in [-0.25, -0.2) is 4.39 Å². The van der Waals surface area contributed by atoms with Gasteiger partial charge in [0.2, 0.25) is 0 Å². The molecule has 0 unspecified atom stereocenters. The van der Waals surface area contributed by atoms with Crippen LogP contribution in [0.4, 0.5) is 17.6 Å². The van der Waals surface area contributed by atoms with Gasteiger partial charge < -0.3 is 10.2 Å². The third-order valence-corrected chi connectivity index (χ3v) is 6.68. The first kappa shape index (κ1) is 24.0. The van der Waals surface area contributed by atoms with Crippen LogP contribution >= 0.6 is 0 Å². The van der Waals surface area contributed by atoms with Gasteiger partial charge >= 0.3 is 6.18 Å². The second kappa shape index (κ2) is 9.04. The predicted molar refractivity (Wildman–Crippen MR) is 126 cm³/mol. The lowest BCUT2D eigenvalue weighted by Gasteiger charge is -2.34. The van der Waals surface area contributed by atoms with Crippen LogP contribution in [0.5, 0.6) is 0 Å². The van der Waals surface area contributed by atoms with Gasteiger partial charge in [0.05, 0.1) is 23.5 Å². The Morgan fingerprint density at radius 3 is 2.39 bits per heavy atom. The Morgan fingerprint density at radius 1 is 1.06 bits per heavy atom. The summed E-state index contributed by atoms with van der Waals surface area (Å²) in [6.45, 7) is 1.62. The highest BCUT2D eigenvalue weighted by atomic mass is 19.4. The Kier molecular flexibility index (Phi) is 6.02. The summed E-state index contributed by atoms with van der Waals surface area (Å²) in [7, 11) is 0. The molecule has 2 aromatic carbocycles. The first-order chi connectivity index (χ1) is 17.1. The van der Waals surface area contributed by atoms with Crippen LogP contribution < -0.4 is 5.32 Å². The van der Waals surface area contributed by atoms with E-state index < -0.39 is 23.5 Å². The Bertz CT molecular complexity index is 1350. The second-order valence-corrected chi connectivity index (χ2v) is 9.34. The molecule has 5 nitrogen and oxygen atoms in total. The summed E-state index contributed by atoms with van der Waals surface area (Å²) in [4.78, 5) is 22.3. The number of carbonyl (C=O) groups is 1. The van der Waals surface area contributed by atoms with Crippen molar-refractivity contribution < 1.29 is 27.2 Å². The maximum Gasteiger partial charge on any atom is 0.417 e. The normalized spacial score (nSPS) is 16.3. The highest BCUT2D eigenvalue weighted by Gasteiger charge is 2.45. The molecule has 1 saturated carbocycles. The average Bonchev–Trinajstić information content (AvgIpc) is 3.29. The number of aromatic nitrogens is 1. The molecule has 5 rings (SSSR count). The van der Waals surface area contributed by atoms with Crippen molar-refractivity contribution in [1.82, 2.24) is 10.3 Å². The number of amides is 1. The van der Waals surface area contributed by atoms with Gasteiger partial charge in [-0.3, -0.25) is 9.78 Å². The molecule has 1 amide bonds. The maximum atomic E-state index is 14.2. The van der Waals surface area contributed by atoms with E-state index in [0.29, 0.717) is 24.2 Å². The fraction of sp³-hybridized carbons (Fsp3) is 0.296. The van der Waals surface area contributed by atoms with E-state index in [9.17, 15) is 22.4 Å². The molecule has 36 heavy (non-hydrogen) atoms. The summed E-state index contributed by atoms with van der Waals surface area (Å²) in [5.41, 5.74) is 2.91. The molecule has 0 saturated heterocycles. The largest absolute Gasteiger partial charge is 0.417 e. The molecule has 1 spiro atoms. The number of pyridine rings is 1. The van der Waals surface area contributed by atoms with Crippen molar-refractivity contribution in [2.24, 2.45) is 5.16 Å². The first-order valence-electron chi connectivity index (χ1n) is 11.6. The number of oxime groups is 1. The number of halogens is 4. The molecular weight excluding hydrogens is 474 g/mol. The van der Waals surface area contributed by atoms with Crippen molar-refractivity contribution in [3.8, 4) is 11.1 Å². The number of benzene rings is 2. The molecule has 1 aromatic heterocycles. The van der Waals surface area contributed by atoms with Gasteiger partial charge in [0.15, 0.2) is 0 Å². The van der Waals surface area contributed by atoms with E-state index in [1.54, 1.807) is 12.1 Å². The molecule has 1 aliphatic carbocycles. The Labute approximate surface area is 205 Å². The standard InChI is InChI=1S/C27H23F4N3O2/c1-16-3-5-17(6-4-16)18-9-19(23-13-26(36-34-23)7-2-8-26)11-20(10-18)25(35)33-15-24-22(28)12-21(14-32-24)27(29,30)31/h3-6,9-12,14H,2,7-8,13,15H2,1H3,(H,33,35). The molecule has 0 atom stereocenters. The van der Waals surface area contributed by atoms with E-state index in [-0.39, 0.29) is 17.8 Å². The van der Waals surface area contributed by atoms with Gasteiger partial charge in [0, 0.05) is 23.7 Å². The smallest absolute Gasteiger partial charge is 0.389 e. The molecule has 0 radical (unpaired) electrons. The third-order valence-electron chi connectivity index (χ3n) is 6.68. The number of rotatable bonds is 5. The third kappa shape index (κ3) is 4.82. The molecule has 1 aliphatic heterocycles. The first-order valence-corrected chi connectivity index (χ1v) is 11.6. The minimum absolute atomic E-state index is 0.247. The highest BCUT2D eigenvalue weighted by molar-refractivity contribution is 6.05. The number of aryl methyl sites for hydroxylation is 1. The molecule has 186 valence electrons. The summed E-state index contributed by atoms with van der Waals surface area (Å²) in [5, 5.41) is 6.86. The van der Waals surface area contributed by atoms with E-state index in [0.717, 1.165) is 47.2 Å². The lowest BCUT2D eigenvalue weighted by Crippen LogP contribution is -2.36. The molecule has 1 fully saturated rings. The molecule has 2 aliphatic rings. The van der Waals surface area contributed by atoms with Crippen molar-refractivity contribution in [3.63, 3.8) is 0 Å². The van der Waals surface area contributed by atoms with Crippen molar-refractivity contribution in [2.75, 3.05) is 0 Å². The number of hydrogen-bond donors (Lipinski definition) is 1. The maximum absolute atomic E-state index is 14.2. The zero-order valence-electron chi connectivity index (χ0n) is 19.5. The van der Waals surface area contributed by atoms with Crippen LogP contribution in [0, 0.1) is 12.7 Å². The predicted octanol–water partition coefficient (Wildman–Crippen LogP) is 6.19. The summed E-state index contributed by atoms with van der Waals surface area (Å²) < 4.78 is 52.5. The van der Waals surface area contributed by atoms with Crippen LogP contribution in [-0.4, -0.2) is 22.2 Å². The van der Waals surface area contributed by atoms with Gasteiger partial charge in [-0.05, 0) is 61.6 Å². The molecule has 0 bridgehead atoms. The Balaban J connectivity index is 1.41. The fourth-order valence-corrected chi connectivity index (χ4v) is 4.37. The van der Waals surface area contributed by atoms with Gasteiger partial charge in [0.25, 0.3) is 5.91 Å². The molecule has 3 aromatic rings. The number of alkyl halides is 3. The van der Waals surface area contributed by atoms with Crippen LogP contribution in [0.3, 0.4) is 0 Å². The van der Waals surface area contributed by atoms with Crippen LogP contribution in [0.15, 0.2) is 59.9 Å². The van der Waals surface area contributed by atoms with Crippen molar-refractivity contribution in [1.29, 1.82) is 0 Å². The van der Waals surface area contributed by atoms with E-state index in [1.165, 1.54) is 0 Å². The minimum atomic E-state index is -4.70. The molecule has 2 heterocycles. The van der Waals surface area contributed by atoms with E-state index >= 15 is 0 Å². The SMILES string of the molecule is Cc1ccc(-c2cc(C(=O)NCc3ncc(C(F)(F)F)cc3F)cc(C3=NOC4(CCC4)C3)c2)cc1. The van der Waals surface area contributed by atoms with Crippen LogP contribution in [-0.2, 0) is 17.6 Å². The molecular formula is C27H23F4N3O2. The van der Waals surface area contributed by atoms with Crippen LogP contribution in [0.2, 0.25) is 0 Å². The monoisotopic (exact) mass is 497 g/mol. The van der Waals surface area contributed by atoms with Gasteiger partial charge in [-0.2, -0.15) is 13.2 Å². The quantitative estimate of drug-likeness (QED) is 0.428. The highest BCUT2D eigenvalue weighted by Crippen LogP contribution is 2.43. The van der Waals surface area contributed by atoms with E-state index in [2.05, 4.69) is 15.5 Å². The van der Waals surface area contributed by atoms with Gasteiger partial charge in [-0.15, -0.1) is 0 Å². The number of hydrogen-bond acceptors (Lipinski definition) is 4. The fourth-order valence-electron chi connectivity index (χ4n) is 4.37. The summed E-state index contributed by atoms with van der Waals surface area (Å²) in [6, 6.07) is 13.6. The van der Waals surface area contributed by atoms with Crippen LogP contribution in [0.1, 0.15) is 58.4 Å². The lowest BCUT2D eigenvalue weighted by atomic mass is 9.76. The number of nitrogens with one attached hydrogen (secondary N) is 1.